The van der Waals surface area contributed by atoms with E-state index in [1.54, 1.807) is 0 Å². The lowest BCUT2D eigenvalue weighted by molar-refractivity contribution is 0.310. The fraction of sp³-hybridized carbons (Fsp3) is 0.0714. The molecule has 2 nitrogen and oxygen atoms in total. The molecule has 4 aromatic carbocycles. The number of aromatic nitrogens is 1. The van der Waals surface area contributed by atoms with Crippen molar-refractivity contribution in [2.45, 2.75) is 13.2 Å². The van der Waals surface area contributed by atoms with Crippen LogP contribution in [0, 0.1) is 0 Å². The third-order valence-electron chi connectivity index (χ3n) is 5.40. The number of hydrogen-bond donors (Lipinski definition) is 0. The normalized spacial score (nSPS) is 10.9. The molecule has 0 fully saturated rings. The molecule has 0 radical (unpaired) electrons. The van der Waals surface area contributed by atoms with Gasteiger partial charge in [-0.2, -0.15) is 0 Å². The molecule has 0 N–H and O–H groups in total. The van der Waals surface area contributed by atoms with Gasteiger partial charge in [0.25, 0.3) is 0 Å². The SMILES string of the molecule is c1ccc(COc2cccc3c2cc(-c2ccccc2)n3Cc2ccccc2)cc1. The Labute approximate surface area is 177 Å². The van der Waals surface area contributed by atoms with Gasteiger partial charge in [0.15, 0.2) is 0 Å². The van der Waals surface area contributed by atoms with E-state index < -0.39 is 0 Å². The molecule has 1 heterocycles. The summed E-state index contributed by atoms with van der Waals surface area (Å²) in [7, 11) is 0. The third-order valence-corrected chi connectivity index (χ3v) is 5.40. The maximum atomic E-state index is 6.25. The second-order valence-corrected chi connectivity index (χ2v) is 7.43. The minimum absolute atomic E-state index is 0.560. The number of fused-ring (bicyclic) bond motifs is 1. The minimum atomic E-state index is 0.560. The maximum Gasteiger partial charge on any atom is 0.129 e. The average molecular weight is 389 g/mol. The number of benzene rings is 4. The molecule has 0 unspecified atom stereocenters. The van der Waals surface area contributed by atoms with Crippen molar-refractivity contribution >= 4 is 10.9 Å². The van der Waals surface area contributed by atoms with Crippen molar-refractivity contribution < 1.29 is 4.74 Å². The fourth-order valence-corrected chi connectivity index (χ4v) is 3.90. The third kappa shape index (κ3) is 3.72. The largest absolute Gasteiger partial charge is 0.488 e. The molecule has 0 aliphatic heterocycles. The fourth-order valence-electron chi connectivity index (χ4n) is 3.90. The van der Waals surface area contributed by atoms with Crippen LogP contribution in [0.2, 0.25) is 0 Å². The molecule has 2 heteroatoms. The van der Waals surface area contributed by atoms with Gasteiger partial charge < -0.3 is 9.30 Å². The number of nitrogens with zero attached hydrogens (tertiary/aromatic N) is 1. The Bertz CT molecular complexity index is 1240. The Morgan fingerprint density at radius 2 is 1.23 bits per heavy atom. The van der Waals surface area contributed by atoms with Crippen LogP contribution in [-0.4, -0.2) is 4.57 Å². The van der Waals surface area contributed by atoms with Crippen LogP contribution < -0.4 is 4.74 Å². The van der Waals surface area contributed by atoms with Gasteiger partial charge in [-0.25, -0.2) is 0 Å². The molecule has 0 saturated heterocycles. The zero-order valence-corrected chi connectivity index (χ0v) is 16.7. The van der Waals surface area contributed by atoms with E-state index in [0.29, 0.717) is 6.61 Å². The van der Waals surface area contributed by atoms with Gasteiger partial charge in [-0.15, -0.1) is 0 Å². The molecule has 0 spiro atoms. The predicted octanol–water partition coefficient (Wildman–Crippen LogP) is 6.94. The summed E-state index contributed by atoms with van der Waals surface area (Å²) in [6, 6.07) is 40.1. The van der Waals surface area contributed by atoms with Gasteiger partial charge in [0.1, 0.15) is 12.4 Å². The Morgan fingerprint density at radius 3 is 1.93 bits per heavy atom. The average Bonchev–Trinajstić information content (AvgIpc) is 3.18. The first-order chi connectivity index (χ1) is 14.9. The van der Waals surface area contributed by atoms with Gasteiger partial charge in [0.05, 0.1) is 5.52 Å². The van der Waals surface area contributed by atoms with Crippen molar-refractivity contribution in [3.8, 4) is 17.0 Å². The first-order valence-electron chi connectivity index (χ1n) is 10.3. The Balaban J connectivity index is 1.59. The molecule has 0 amide bonds. The standard InChI is InChI=1S/C28H23NO/c1-4-11-22(12-5-1)20-29-26-17-10-18-28(30-21-23-13-6-2-7-14-23)25(26)19-27(29)24-15-8-3-9-16-24/h1-19H,20-21H2. The number of rotatable bonds is 6. The van der Waals surface area contributed by atoms with Gasteiger partial charge in [-0.1, -0.05) is 97.1 Å². The maximum absolute atomic E-state index is 6.25. The Morgan fingerprint density at radius 1 is 0.600 bits per heavy atom. The molecular formula is C28H23NO. The quantitative estimate of drug-likeness (QED) is 0.307. The van der Waals surface area contributed by atoms with E-state index in [1.165, 1.54) is 27.9 Å². The molecule has 30 heavy (non-hydrogen) atoms. The molecule has 0 saturated carbocycles. The lowest BCUT2D eigenvalue weighted by Gasteiger charge is -2.12. The van der Waals surface area contributed by atoms with E-state index in [-0.39, 0.29) is 0 Å². The van der Waals surface area contributed by atoms with Crippen LogP contribution in [0.5, 0.6) is 5.75 Å². The first kappa shape index (κ1) is 18.3. The highest BCUT2D eigenvalue weighted by Gasteiger charge is 2.14. The molecule has 5 aromatic rings. The summed E-state index contributed by atoms with van der Waals surface area (Å²) in [6.45, 7) is 1.38. The van der Waals surface area contributed by atoms with E-state index in [9.17, 15) is 0 Å². The van der Waals surface area contributed by atoms with Gasteiger partial charge in [0.2, 0.25) is 0 Å². The number of hydrogen-bond acceptors (Lipinski definition) is 1. The molecule has 1 aromatic heterocycles. The second-order valence-electron chi connectivity index (χ2n) is 7.43. The topological polar surface area (TPSA) is 14.2 Å². The smallest absolute Gasteiger partial charge is 0.129 e. The van der Waals surface area contributed by atoms with Gasteiger partial charge in [-0.3, -0.25) is 0 Å². The summed E-state index contributed by atoms with van der Waals surface area (Å²) in [5.41, 5.74) is 6.04. The molecule has 0 aliphatic rings. The number of ether oxygens (including phenoxy) is 1. The van der Waals surface area contributed by atoms with Crippen LogP contribution in [0.3, 0.4) is 0 Å². The minimum Gasteiger partial charge on any atom is -0.488 e. The monoisotopic (exact) mass is 389 g/mol. The highest BCUT2D eigenvalue weighted by molar-refractivity contribution is 5.92. The highest BCUT2D eigenvalue weighted by atomic mass is 16.5. The highest BCUT2D eigenvalue weighted by Crippen LogP contribution is 2.34. The Hall–Kier alpha value is -3.78. The van der Waals surface area contributed by atoms with E-state index in [4.69, 9.17) is 4.74 Å². The van der Waals surface area contributed by atoms with Gasteiger partial charge in [-0.05, 0) is 34.9 Å². The van der Waals surface area contributed by atoms with Crippen LogP contribution in [0.1, 0.15) is 11.1 Å². The Kier molecular flexibility index (Phi) is 5.05. The summed E-state index contributed by atoms with van der Waals surface area (Å²) in [4.78, 5) is 0. The van der Waals surface area contributed by atoms with Crippen molar-refractivity contribution in [2.24, 2.45) is 0 Å². The molecular weight excluding hydrogens is 366 g/mol. The van der Waals surface area contributed by atoms with Crippen LogP contribution in [-0.2, 0) is 13.2 Å². The molecule has 0 aliphatic carbocycles. The van der Waals surface area contributed by atoms with Gasteiger partial charge >= 0.3 is 0 Å². The van der Waals surface area contributed by atoms with Crippen molar-refractivity contribution in [1.82, 2.24) is 4.57 Å². The summed E-state index contributed by atoms with van der Waals surface area (Å²) in [5, 5.41) is 1.14. The van der Waals surface area contributed by atoms with Crippen LogP contribution in [0.15, 0.2) is 115 Å². The van der Waals surface area contributed by atoms with Crippen molar-refractivity contribution in [3.63, 3.8) is 0 Å². The predicted molar refractivity (Wildman–Crippen MR) is 124 cm³/mol. The van der Waals surface area contributed by atoms with Crippen LogP contribution >= 0.6 is 0 Å². The molecule has 5 rings (SSSR count). The summed E-state index contributed by atoms with van der Waals surface area (Å²) in [6.07, 6.45) is 0. The lowest BCUT2D eigenvalue weighted by atomic mass is 10.1. The molecule has 0 bridgehead atoms. The molecule has 146 valence electrons. The van der Waals surface area contributed by atoms with E-state index in [0.717, 1.165) is 17.7 Å². The first-order valence-corrected chi connectivity index (χ1v) is 10.3. The van der Waals surface area contributed by atoms with E-state index >= 15 is 0 Å². The summed E-state index contributed by atoms with van der Waals surface area (Å²) in [5.74, 6) is 0.917. The van der Waals surface area contributed by atoms with Crippen LogP contribution in [0.25, 0.3) is 22.2 Å². The summed E-state index contributed by atoms with van der Waals surface area (Å²) < 4.78 is 8.63. The van der Waals surface area contributed by atoms with Crippen molar-refractivity contribution in [3.05, 3.63) is 126 Å². The zero-order chi connectivity index (χ0) is 20.2. The van der Waals surface area contributed by atoms with Crippen molar-refractivity contribution in [1.29, 1.82) is 0 Å². The van der Waals surface area contributed by atoms with Crippen LogP contribution in [0.4, 0.5) is 0 Å². The van der Waals surface area contributed by atoms with E-state index in [2.05, 4.69) is 102 Å². The van der Waals surface area contributed by atoms with Gasteiger partial charge in [0, 0.05) is 17.6 Å². The zero-order valence-electron chi connectivity index (χ0n) is 16.7. The second kappa shape index (κ2) is 8.30. The van der Waals surface area contributed by atoms with E-state index in [1.807, 2.05) is 18.2 Å². The van der Waals surface area contributed by atoms with Crippen molar-refractivity contribution in [2.75, 3.05) is 0 Å². The molecule has 0 atom stereocenters. The summed E-state index contributed by atoms with van der Waals surface area (Å²) >= 11 is 0. The lowest BCUT2D eigenvalue weighted by Crippen LogP contribution is -2.01.